The van der Waals surface area contributed by atoms with Crippen molar-refractivity contribution in [2.45, 2.75) is 13.0 Å². The molecule has 28 heavy (non-hydrogen) atoms. The number of methoxy groups -OCH3 is 1. The Labute approximate surface area is 160 Å². The molecule has 8 heteroatoms. The molecule has 3 rings (SSSR count). The van der Waals surface area contributed by atoms with Gasteiger partial charge in [0.05, 0.1) is 12.5 Å². The van der Waals surface area contributed by atoms with Gasteiger partial charge in [0.15, 0.2) is 5.69 Å². The Kier molecular flexibility index (Phi) is 5.69. The van der Waals surface area contributed by atoms with Crippen LogP contribution in [-0.4, -0.2) is 40.4 Å². The van der Waals surface area contributed by atoms with Crippen LogP contribution < -0.4 is 15.6 Å². The Balaban J connectivity index is 1.73. The van der Waals surface area contributed by atoms with E-state index in [1.165, 1.54) is 12.1 Å². The fourth-order valence-electron chi connectivity index (χ4n) is 2.94. The number of carboxylic acids is 1. The van der Waals surface area contributed by atoms with Crippen molar-refractivity contribution in [1.82, 2.24) is 15.1 Å². The molecule has 0 aliphatic heterocycles. The number of hydrogen-bond donors (Lipinski definition) is 2. The number of aromatic carboxylic acids is 1. The van der Waals surface area contributed by atoms with Gasteiger partial charge >= 0.3 is 5.97 Å². The topological polar surface area (TPSA) is 111 Å². The standard InChI is InChI=1S/C20H19N3O5/c1-28-16-9-5-2-6-13(16)10-11-21-17(24)12-23-19(25)15-8-4-3-7-14(15)18(22-23)20(26)27/h2-9H,10-12H2,1H3,(H,21,24)(H,26,27). The highest BCUT2D eigenvalue weighted by Crippen LogP contribution is 2.17. The van der Waals surface area contributed by atoms with Gasteiger partial charge < -0.3 is 15.2 Å². The number of hydrogen-bond acceptors (Lipinski definition) is 5. The van der Waals surface area contributed by atoms with E-state index in [4.69, 9.17) is 4.74 Å². The first-order valence-corrected chi connectivity index (χ1v) is 8.63. The average Bonchev–Trinajstić information content (AvgIpc) is 2.70. The largest absolute Gasteiger partial charge is 0.496 e. The summed E-state index contributed by atoms with van der Waals surface area (Å²) in [7, 11) is 1.58. The van der Waals surface area contributed by atoms with Crippen LogP contribution in [-0.2, 0) is 17.8 Å². The molecule has 0 atom stereocenters. The third kappa shape index (κ3) is 4.01. The van der Waals surface area contributed by atoms with Gasteiger partial charge in [-0.05, 0) is 24.1 Å². The van der Waals surface area contributed by atoms with Crippen LogP contribution in [0.4, 0.5) is 0 Å². The van der Waals surface area contributed by atoms with Crippen LogP contribution in [0.25, 0.3) is 10.8 Å². The zero-order chi connectivity index (χ0) is 20.1. The number of benzene rings is 2. The minimum atomic E-state index is -1.26. The molecule has 1 amide bonds. The van der Waals surface area contributed by atoms with E-state index in [1.807, 2.05) is 24.3 Å². The van der Waals surface area contributed by atoms with Crippen LogP contribution in [0, 0.1) is 0 Å². The van der Waals surface area contributed by atoms with Crippen molar-refractivity contribution in [3.63, 3.8) is 0 Å². The van der Waals surface area contributed by atoms with Gasteiger partial charge in [0.2, 0.25) is 5.91 Å². The maximum absolute atomic E-state index is 12.5. The second-order valence-corrected chi connectivity index (χ2v) is 6.07. The summed E-state index contributed by atoms with van der Waals surface area (Å²) < 4.78 is 6.15. The van der Waals surface area contributed by atoms with Crippen LogP contribution in [0.2, 0.25) is 0 Å². The molecule has 3 aromatic rings. The van der Waals surface area contributed by atoms with Crippen molar-refractivity contribution in [3.05, 3.63) is 70.1 Å². The second kappa shape index (κ2) is 8.34. The molecule has 0 radical (unpaired) electrons. The Morgan fingerprint density at radius 2 is 1.79 bits per heavy atom. The van der Waals surface area contributed by atoms with Crippen molar-refractivity contribution in [1.29, 1.82) is 0 Å². The first kappa shape index (κ1) is 19.1. The van der Waals surface area contributed by atoms with Crippen LogP contribution in [0.3, 0.4) is 0 Å². The van der Waals surface area contributed by atoms with E-state index >= 15 is 0 Å². The molecule has 8 nitrogen and oxygen atoms in total. The smallest absolute Gasteiger partial charge is 0.357 e. The molecule has 2 N–H and O–H groups in total. The summed E-state index contributed by atoms with van der Waals surface area (Å²) in [4.78, 5) is 36.2. The molecule has 0 aliphatic rings. The number of carboxylic acid groups (broad SMARTS) is 1. The van der Waals surface area contributed by atoms with Crippen molar-refractivity contribution in [2.75, 3.05) is 13.7 Å². The van der Waals surface area contributed by atoms with Crippen molar-refractivity contribution >= 4 is 22.6 Å². The number of nitrogens with one attached hydrogen (secondary N) is 1. The summed E-state index contributed by atoms with van der Waals surface area (Å²) in [6.45, 7) is -0.0246. The normalized spacial score (nSPS) is 10.6. The maximum Gasteiger partial charge on any atom is 0.357 e. The van der Waals surface area contributed by atoms with Crippen LogP contribution in [0.15, 0.2) is 53.3 Å². The van der Waals surface area contributed by atoms with E-state index in [1.54, 1.807) is 19.2 Å². The molecule has 0 fully saturated rings. The lowest BCUT2D eigenvalue weighted by atomic mass is 10.1. The minimum Gasteiger partial charge on any atom is -0.496 e. The predicted octanol–water partition coefficient (Wildman–Crippen LogP) is 1.46. The van der Waals surface area contributed by atoms with Gasteiger partial charge in [0.1, 0.15) is 12.3 Å². The monoisotopic (exact) mass is 381 g/mol. The number of fused-ring (bicyclic) bond motifs is 1. The molecule has 1 aromatic heterocycles. The van der Waals surface area contributed by atoms with Gasteiger partial charge in [-0.25, -0.2) is 9.48 Å². The first-order chi connectivity index (χ1) is 13.5. The molecule has 0 unspecified atom stereocenters. The van der Waals surface area contributed by atoms with Gasteiger partial charge in [0, 0.05) is 11.9 Å². The fourth-order valence-corrected chi connectivity index (χ4v) is 2.94. The highest BCUT2D eigenvalue weighted by molar-refractivity contribution is 6.01. The van der Waals surface area contributed by atoms with E-state index in [2.05, 4.69) is 10.4 Å². The van der Waals surface area contributed by atoms with Crippen LogP contribution in [0.5, 0.6) is 5.75 Å². The summed E-state index contributed by atoms with van der Waals surface area (Å²) in [6.07, 6.45) is 0.552. The third-order valence-corrected chi connectivity index (χ3v) is 4.27. The van der Waals surface area contributed by atoms with Crippen molar-refractivity contribution in [2.24, 2.45) is 0 Å². The number of ether oxygens (including phenoxy) is 1. The Hall–Kier alpha value is -3.68. The number of carbonyl (C=O) groups excluding carboxylic acids is 1. The lowest BCUT2D eigenvalue weighted by Gasteiger charge is -2.11. The van der Waals surface area contributed by atoms with Gasteiger partial charge in [-0.1, -0.05) is 36.4 Å². The number of para-hydroxylation sites is 1. The third-order valence-electron chi connectivity index (χ3n) is 4.27. The highest BCUT2D eigenvalue weighted by Gasteiger charge is 2.17. The van der Waals surface area contributed by atoms with E-state index in [0.717, 1.165) is 16.0 Å². The maximum atomic E-state index is 12.5. The minimum absolute atomic E-state index is 0.205. The lowest BCUT2D eigenvalue weighted by Crippen LogP contribution is -2.35. The molecule has 144 valence electrons. The predicted molar refractivity (Wildman–Crippen MR) is 103 cm³/mol. The fraction of sp³-hybridized carbons (Fsp3) is 0.200. The summed E-state index contributed by atoms with van der Waals surface area (Å²) >= 11 is 0. The van der Waals surface area contributed by atoms with E-state index in [9.17, 15) is 19.5 Å². The zero-order valence-electron chi connectivity index (χ0n) is 15.2. The van der Waals surface area contributed by atoms with Gasteiger partial charge in [-0.3, -0.25) is 9.59 Å². The number of amides is 1. The summed E-state index contributed by atoms with van der Waals surface area (Å²) in [5.74, 6) is -0.965. The number of rotatable bonds is 7. The second-order valence-electron chi connectivity index (χ2n) is 6.07. The lowest BCUT2D eigenvalue weighted by molar-refractivity contribution is -0.121. The Morgan fingerprint density at radius 3 is 2.50 bits per heavy atom. The number of aromatic nitrogens is 2. The number of carbonyl (C=O) groups is 2. The van der Waals surface area contributed by atoms with Crippen molar-refractivity contribution in [3.8, 4) is 5.75 Å². The molecular weight excluding hydrogens is 362 g/mol. The molecule has 0 saturated heterocycles. The van der Waals surface area contributed by atoms with E-state index in [0.29, 0.717) is 13.0 Å². The van der Waals surface area contributed by atoms with E-state index < -0.39 is 17.4 Å². The van der Waals surface area contributed by atoms with Gasteiger partial charge in [0.25, 0.3) is 5.56 Å². The summed E-state index contributed by atoms with van der Waals surface area (Å²) in [5, 5.41) is 16.4. The molecular formula is C20H19N3O5. The SMILES string of the molecule is COc1ccccc1CCNC(=O)Cn1nc(C(=O)O)c2ccccc2c1=O. The summed E-state index contributed by atoms with van der Waals surface area (Å²) in [6, 6.07) is 13.8. The highest BCUT2D eigenvalue weighted by atomic mass is 16.5. The number of nitrogens with zero attached hydrogens (tertiary/aromatic N) is 2. The Bertz CT molecular complexity index is 1090. The van der Waals surface area contributed by atoms with Crippen LogP contribution >= 0.6 is 0 Å². The first-order valence-electron chi connectivity index (χ1n) is 8.63. The summed E-state index contributed by atoms with van der Waals surface area (Å²) in [5.41, 5.74) is 0.164. The quantitative estimate of drug-likeness (QED) is 0.641. The van der Waals surface area contributed by atoms with Gasteiger partial charge in [-0.15, -0.1) is 0 Å². The average molecular weight is 381 g/mol. The molecule has 1 heterocycles. The Morgan fingerprint density at radius 1 is 1.11 bits per heavy atom. The van der Waals surface area contributed by atoms with E-state index in [-0.39, 0.29) is 23.0 Å². The van der Waals surface area contributed by atoms with Gasteiger partial charge in [-0.2, -0.15) is 5.10 Å². The molecule has 0 spiro atoms. The molecule has 2 aromatic carbocycles. The van der Waals surface area contributed by atoms with Crippen molar-refractivity contribution < 1.29 is 19.4 Å². The van der Waals surface area contributed by atoms with Crippen LogP contribution in [0.1, 0.15) is 16.1 Å². The zero-order valence-corrected chi connectivity index (χ0v) is 15.2. The molecule has 0 aliphatic carbocycles. The molecule has 0 bridgehead atoms. The molecule has 0 saturated carbocycles.